The molecule has 0 radical (unpaired) electrons. The number of phenolic OH excluding ortho intramolecular Hbond substituents is 1. The first-order valence-electron chi connectivity index (χ1n) is 10.4. The molecule has 0 spiro atoms. The molecule has 1 aromatic heterocycles. The van der Waals surface area contributed by atoms with Crippen molar-refractivity contribution in [3.8, 4) is 5.75 Å². The van der Waals surface area contributed by atoms with Gasteiger partial charge in [0.05, 0.1) is 12.1 Å². The van der Waals surface area contributed by atoms with Gasteiger partial charge in [0.15, 0.2) is 0 Å². The van der Waals surface area contributed by atoms with Gasteiger partial charge in [-0.25, -0.2) is 9.36 Å². The van der Waals surface area contributed by atoms with Crippen molar-refractivity contribution in [3.05, 3.63) is 29.5 Å². The number of ether oxygens (including phenoxy) is 1. The van der Waals surface area contributed by atoms with Crippen molar-refractivity contribution < 1.29 is 14.6 Å². The van der Waals surface area contributed by atoms with Crippen LogP contribution in [0.5, 0.6) is 5.75 Å². The summed E-state index contributed by atoms with van der Waals surface area (Å²) in [5.74, 6) is 2.05. The van der Waals surface area contributed by atoms with Crippen molar-refractivity contribution in [2.24, 2.45) is 11.8 Å². The number of phenols is 1. The molecule has 3 fully saturated rings. The Morgan fingerprint density at radius 3 is 2.93 bits per heavy atom. The molecule has 5 heteroatoms. The van der Waals surface area contributed by atoms with Crippen LogP contribution in [0.2, 0.25) is 0 Å². The second-order valence-corrected chi connectivity index (χ2v) is 8.45. The molecule has 0 amide bonds. The number of aromatic hydroxyl groups is 1. The van der Waals surface area contributed by atoms with Crippen molar-refractivity contribution in [2.45, 2.75) is 51.5 Å². The van der Waals surface area contributed by atoms with Crippen molar-refractivity contribution in [3.63, 3.8) is 0 Å². The van der Waals surface area contributed by atoms with Gasteiger partial charge in [-0.3, -0.25) is 4.90 Å². The summed E-state index contributed by atoms with van der Waals surface area (Å²) in [6.07, 6.45) is 4.33. The number of fused-ring (bicyclic) bond motifs is 4. The van der Waals surface area contributed by atoms with Crippen LogP contribution in [0.1, 0.15) is 50.3 Å². The zero-order valence-corrected chi connectivity index (χ0v) is 16.1. The first kappa shape index (κ1) is 17.1. The monoisotopic (exact) mass is 368 g/mol. The van der Waals surface area contributed by atoms with Crippen LogP contribution in [0.3, 0.4) is 0 Å². The number of rotatable bonds is 2. The zero-order chi connectivity index (χ0) is 18.7. The zero-order valence-electron chi connectivity index (χ0n) is 16.1. The topological polar surface area (TPSA) is 54.7 Å². The second-order valence-electron chi connectivity index (χ2n) is 8.45. The van der Waals surface area contributed by atoms with E-state index in [1.54, 1.807) is 6.07 Å². The Hall–Kier alpha value is -2.01. The van der Waals surface area contributed by atoms with Gasteiger partial charge in [-0.15, -0.1) is 0 Å². The molecular formula is C22H28N2O3. The lowest BCUT2D eigenvalue weighted by molar-refractivity contribution is -0.0141. The second kappa shape index (κ2) is 6.26. The van der Waals surface area contributed by atoms with E-state index in [4.69, 9.17) is 4.74 Å². The Labute approximate surface area is 159 Å². The third-order valence-electron chi connectivity index (χ3n) is 7.10. The van der Waals surface area contributed by atoms with E-state index in [-0.39, 0.29) is 11.8 Å². The SMILES string of the molecule is CCOC(=O)n1c2c(c3cc(O)ccc31)CCN1C[C@H]3CC(CC)C1[C@H]2C3. The van der Waals surface area contributed by atoms with Crippen molar-refractivity contribution in [1.82, 2.24) is 9.47 Å². The highest BCUT2D eigenvalue weighted by Gasteiger charge is 2.49. The van der Waals surface area contributed by atoms with E-state index in [2.05, 4.69) is 11.8 Å². The van der Waals surface area contributed by atoms with Crippen LogP contribution in [-0.2, 0) is 11.2 Å². The molecule has 1 aliphatic carbocycles. The van der Waals surface area contributed by atoms with Crippen LogP contribution in [0.25, 0.3) is 10.9 Å². The maximum Gasteiger partial charge on any atom is 0.418 e. The number of aromatic nitrogens is 1. The fourth-order valence-electron chi connectivity index (χ4n) is 6.22. The number of benzene rings is 1. The van der Waals surface area contributed by atoms with Gasteiger partial charge in [-0.2, -0.15) is 0 Å². The maximum absolute atomic E-state index is 13.0. The molecule has 3 aliphatic heterocycles. The van der Waals surface area contributed by atoms with Gasteiger partial charge in [0.2, 0.25) is 0 Å². The molecule has 1 N–H and O–H groups in total. The van der Waals surface area contributed by atoms with Crippen LogP contribution >= 0.6 is 0 Å². The third-order valence-corrected chi connectivity index (χ3v) is 7.10. The fraction of sp³-hybridized carbons (Fsp3) is 0.591. The lowest BCUT2D eigenvalue weighted by Crippen LogP contribution is -2.56. The molecule has 2 saturated heterocycles. The Morgan fingerprint density at radius 1 is 1.30 bits per heavy atom. The number of carbonyl (C=O) groups is 1. The molecule has 1 saturated carbocycles. The van der Waals surface area contributed by atoms with E-state index in [1.807, 2.05) is 23.6 Å². The van der Waals surface area contributed by atoms with E-state index in [0.29, 0.717) is 24.5 Å². The lowest BCUT2D eigenvalue weighted by Gasteiger charge is -2.53. The predicted octanol–water partition coefficient (Wildman–Crippen LogP) is 4.11. The van der Waals surface area contributed by atoms with Crippen molar-refractivity contribution in [1.29, 1.82) is 0 Å². The molecule has 4 aliphatic rings. The molecule has 3 unspecified atom stereocenters. The summed E-state index contributed by atoms with van der Waals surface area (Å²) < 4.78 is 7.28. The van der Waals surface area contributed by atoms with Crippen molar-refractivity contribution in [2.75, 3.05) is 19.7 Å². The summed E-state index contributed by atoms with van der Waals surface area (Å²) >= 11 is 0. The normalized spacial score (nSPS) is 31.6. The fourth-order valence-corrected chi connectivity index (χ4v) is 6.22. The number of carbonyl (C=O) groups excluding carboxylic acids is 1. The number of hydrogen-bond acceptors (Lipinski definition) is 4. The molecule has 5 atom stereocenters. The van der Waals surface area contributed by atoms with Gasteiger partial charge in [-0.05, 0) is 61.8 Å². The summed E-state index contributed by atoms with van der Waals surface area (Å²) in [6, 6.07) is 5.88. The van der Waals surface area contributed by atoms with Crippen LogP contribution in [0.4, 0.5) is 4.79 Å². The minimum Gasteiger partial charge on any atom is -0.508 e. The summed E-state index contributed by atoms with van der Waals surface area (Å²) in [4.78, 5) is 15.7. The van der Waals surface area contributed by atoms with Gasteiger partial charge in [0, 0.05) is 36.1 Å². The van der Waals surface area contributed by atoms with Gasteiger partial charge in [0.1, 0.15) is 5.75 Å². The largest absolute Gasteiger partial charge is 0.508 e. The highest BCUT2D eigenvalue weighted by Crippen LogP contribution is 2.52. The first-order chi connectivity index (χ1) is 13.1. The van der Waals surface area contributed by atoms with E-state index in [9.17, 15) is 9.90 Å². The molecule has 5 nitrogen and oxygen atoms in total. The molecule has 4 heterocycles. The summed E-state index contributed by atoms with van der Waals surface area (Å²) in [5.41, 5.74) is 3.27. The number of nitrogens with zero attached hydrogens (tertiary/aromatic N) is 2. The standard InChI is InChI=1S/C22H28N2O3/c1-3-14-9-13-10-18-20(14)23(12-13)8-7-16-17-11-15(25)5-6-19(17)24(21(16)18)22(26)27-4-2/h5-6,11,13-14,18,20,25H,3-4,7-10,12H2,1-2H3/t13-,14?,18+,20?/m0/s1. The lowest BCUT2D eigenvalue weighted by atomic mass is 9.65. The molecule has 4 bridgehead atoms. The van der Waals surface area contributed by atoms with Crippen LogP contribution in [0, 0.1) is 11.8 Å². The molecular weight excluding hydrogens is 340 g/mol. The highest BCUT2D eigenvalue weighted by atomic mass is 16.5. The predicted molar refractivity (Wildman–Crippen MR) is 104 cm³/mol. The first-order valence-corrected chi connectivity index (χ1v) is 10.4. The molecule has 27 heavy (non-hydrogen) atoms. The van der Waals surface area contributed by atoms with Gasteiger partial charge in [0.25, 0.3) is 0 Å². The average Bonchev–Trinajstić information content (AvgIpc) is 2.93. The highest BCUT2D eigenvalue weighted by molar-refractivity contribution is 5.95. The summed E-state index contributed by atoms with van der Waals surface area (Å²) in [6.45, 7) is 6.76. The Bertz CT molecular complexity index is 903. The number of hydrogen-bond donors (Lipinski definition) is 1. The molecule has 2 aromatic rings. The number of piperidine rings is 2. The van der Waals surface area contributed by atoms with Gasteiger partial charge >= 0.3 is 6.09 Å². The summed E-state index contributed by atoms with van der Waals surface area (Å²) in [5, 5.41) is 11.1. The van der Waals surface area contributed by atoms with E-state index in [0.717, 1.165) is 41.9 Å². The smallest absolute Gasteiger partial charge is 0.418 e. The molecule has 144 valence electrons. The Morgan fingerprint density at radius 2 is 2.15 bits per heavy atom. The average molecular weight is 368 g/mol. The maximum atomic E-state index is 13.0. The van der Waals surface area contributed by atoms with Crippen molar-refractivity contribution >= 4 is 17.0 Å². The van der Waals surface area contributed by atoms with E-state index in [1.165, 1.54) is 24.9 Å². The third kappa shape index (κ3) is 2.44. The van der Waals surface area contributed by atoms with E-state index >= 15 is 0 Å². The van der Waals surface area contributed by atoms with E-state index < -0.39 is 0 Å². The quantitative estimate of drug-likeness (QED) is 0.867. The van der Waals surface area contributed by atoms with Crippen LogP contribution < -0.4 is 0 Å². The van der Waals surface area contributed by atoms with Crippen LogP contribution in [0.15, 0.2) is 18.2 Å². The molecule has 1 aromatic carbocycles. The Balaban J connectivity index is 1.75. The minimum absolute atomic E-state index is 0.256. The molecule has 6 rings (SSSR count). The van der Waals surface area contributed by atoms with Crippen LogP contribution in [-0.4, -0.2) is 46.4 Å². The van der Waals surface area contributed by atoms with Gasteiger partial charge < -0.3 is 9.84 Å². The summed E-state index contributed by atoms with van der Waals surface area (Å²) in [7, 11) is 0. The minimum atomic E-state index is -0.280. The Kier molecular flexibility index (Phi) is 3.97. The van der Waals surface area contributed by atoms with Gasteiger partial charge in [-0.1, -0.05) is 13.3 Å².